The van der Waals surface area contributed by atoms with Gasteiger partial charge in [0, 0.05) is 42.5 Å². The number of hydrogen-bond acceptors (Lipinski definition) is 4. The summed E-state index contributed by atoms with van der Waals surface area (Å²) in [4.78, 5) is 30.4. The van der Waals surface area contributed by atoms with Gasteiger partial charge in [-0.2, -0.15) is 0 Å². The van der Waals surface area contributed by atoms with Gasteiger partial charge in [0.2, 0.25) is 0 Å². The molecule has 0 bridgehead atoms. The zero-order chi connectivity index (χ0) is 27.5. The number of piperazine rings is 1. The van der Waals surface area contributed by atoms with E-state index in [1.54, 1.807) is 43.4 Å². The van der Waals surface area contributed by atoms with E-state index in [-0.39, 0.29) is 11.8 Å². The van der Waals surface area contributed by atoms with Gasteiger partial charge in [-0.15, -0.1) is 0 Å². The number of aromatic nitrogens is 1. The Morgan fingerprint density at radius 2 is 1.38 bits per heavy atom. The first-order chi connectivity index (χ1) is 18.9. The van der Waals surface area contributed by atoms with Crippen LogP contribution in [0.4, 0.5) is 0 Å². The second-order valence-electron chi connectivity index (χ2n) is 9.36. The van der Waals surface area contributed by atoms with E-state index in [4.69, 9.17) is 21.1 Å². The molecule has 2 amide bonds. The molecule has 0 unspecified atom stereocenters. The maximum atomic E-state index is 13.8. The zero-order valence-electron chi connectivity index (χ0n) is 22.2. The topological polar surface area (TPSA) is 64.0 Å². The highest BCUT2D eigenvalue weighted by atomic mass is 35.5. The van der Waals surface area contributed by atoms with Crippen LogP contribution < -0.4 is 9.47 Å². The van der Waals surface area contributed by atoms with Crippen molar-refractivity contribution in [1.29, 1.82) is 0 Å². The minimum atomic E-state index is -0.0621. The van der Waals surface area contributed by atoms with Gasteiger partial charge in [0.1, 0.15) is 11.5 Å². The Kier molecular flexibility index (Phi) is 7.61. The SMILES string of the molecule is COc1ccc(C(=O)N2CCN(C(=O)c3cc(-c4ccc(Cl)cc4)n(-c4ccccc4OC)c3C)CC2)cc1. The summed E-state index contributed by atoms with van der Waals surface area (Å²) in [5.41, 5.74) is 4.67. The normalized spacial score (nSPS) is 13.3. The summed E-state index contributed by atoms with van der Waals surface area (Å²) in [5.74, 6) is 1.30. The molecular weight excluding hydrogens is 514 g/mol. The third kappa shape index (κ3) is 5.22. The summed E-state index contributed by atoms with van der Waals surface area (Å²) in [7, 11) is 3.23. The van der Waals surface area contributed by atoms with E-state index in [2.05, 4.69) is 4.57 Å². The van der Waals surface area contributed by atoms with Crippen LogP contribution in [0.3, 0.4) is 0 Å². The van der Waals surface area contributed by atoms with Gasteiger partial charge in [-0.05, 0) is 67.1 Å². The Labute approximate surface area is 233 Å². The van der Waals surface area contributed by atoms with Crippen LogP contribution in [-0.2, 0) is 0 Å². The summed E-state index contributed by atoms with van der Waals surface area (Å²) < 4.78 is 12.9. The van der Waals surface area contributed by atoms with E-state index in [0.29, 0.717) is 53.8 Å². The third-order valence-corrected chi connectivity index (χ3v) is 7.39. The molecule has 7 nitrogen and oxygen atoms in total. The molecule has 1 aromatic heterocycles. The van der Waals surface area contributed by atoms with Crippen LogP contribution >= 0.6 is 11.6 Å². The highest BCUT2D eigenvalue weighted by molar-refractivity contribution is 6.30. The van der Waals surface area contributed by atoms with Crippen LogP contribution in [-0.4, -0.2) is 66.6 Å². The summed E-state index contributed by atoms with van der Waals surface area (Å²) in [5, 5.41) is 0.643. The maximum Gasteiger partial charge on any atom is 0.255 e. The van der Waals surface area contributed by atoms with Crippen molar-refractivity contribution in [1.82, 2.24) is 14.4 Å². The molecule has 200 valence electrons. The standard InChI is InChI=1S/C31H30ClN3O4/c1-21-26(31(37)34-18-16-33(17-19-34)30(36)23-10-14-25(38-2)15-11-23)20-28(22-8-12-24(32)13-9-22)35(21)27-6-4-5-7-29(27)39-3/h4-15,20H,16-19H2,1-3H3. The van der Waals surface area contributed by atoms with Crippen LogP contribution in [0.2, 0.25) is 5.02 Å². The Balaban J connectivity index is 1.41. The molecule has 1 fully saturated rings. The van der Waals surface area contributed by atoms with Gasteiger partial charge in [-0.1, -0.05) is 35.9 Å². The first-order valence-corrected chi connectivity index (χ1v) is 13.1. The van der Waals surface area contributed by atoms with Crippen LogP contribution in [0.5, 0.6) is 11.5 Å². The number of para-hydroxylation sites is 2. The van der Waals surface area contributed by atoms with E-state index in [1.807, 2.05) is 66.4 Å². The summed E-state index contributed by atoms with van der Waals surface area (Å²) in [6.07, 6.45) is 0. The second-order valence-corrected chi connectivity index (χ2v) is 9.79. The number of carbonyl (C=O) groups is 2. The fraction of sp³-hybridized carbons (Fsp3) is 0.226. The molecule has 0 N–H and O–H groups in total. The average Bonchev–Trinajstić information content (AvgIpc) is 3.33. The molecule has 1 saturated heterocycles. The summed E-state index contributed by atoms with van der Waals surface area (Å²) >= 11 is 6.16. The maximum absolute atomic E-state index is 13.8. The fourth-order valence-corrected chi connectivity index (χ4v) is 5.11. The van der Waals surface area contributed by atoms with Crippen molar-refractivity contribution in [2.75, 3.05) is 40.4 Å². The quantitative estimate of drug-likeness (QED) is 0.312. The molecule has 3 aromatic carbocycles. The molecule has 2 heterocycles. The van der Waals surface area contributed by atoms with Gasteiger partial charge >= 0.3 is 0 Å². The first kappa shape index (κ1) is 26.4. The Hall–Kier alpha value is -4.23. The lowest BCUT2D eigenvalue weighted by Crippen LogP contribution is -2.50. The van der Waals surface area contributed by atoms with Crippen molar-refractivity contribution in [3.63, 3.8) is 0 Å². The van der Waals surface area contributed by atoms with Gasteiger partial charge in [-0.25, -0.2) is 0 Å². The molecule has 0 spiro atoms. The smallest absolute Gasteiger partial charge is 0.255 e. The predicted octanol–water partition coefficient (Wildman–Crippen LogP) is 5.72. The van der Waals surface area contributed by atoms with Gasteiger partial charge in [-0.3, -0.25) is 9.59 Å². The van der Waals surface area contributed by atoms with E-state index < -0.39 is 0 Å². The van der Waals surface area contributed by atoms with Crippen LogP contribution in [0.25, 0.3) is 16.9 Å². The summed E-state index contributed by atoms with van der Waals surface area (Å²) in [6, 6.07) is 24.3. The van der Waals surface area contributed by atoms with Crippen molar-refractivity contribution in [3.8, 4) is 28.4 Å². The number of halogens is 1. The highest BCUT2D eigenvalue weighted by Crippen LogP contribution is 2.34. The first-order valence-electron chi connectivity index (χ1n) is 12.8. The molecule has 0 saturated carbocycles. The Bertz CT molecular complexity index is 1490. The minimum Gasteiger partial charge on any atom is -0.497 e. The number of nitrogens with zero attached hydrogens (tertiary/aromatic N) is 3. The van der Waals surface area contributed by atoms with Crippen molar-refractivity contribution in [2.45, 2.75) is 6.92 Å². The van der Waals surface area contributed by atoms with Crippen molar-refractivity contribution in [2.24, 2.45) is 0 Å². The lowest BCUT2D eigenvalue weighted by Gasteiger charge is -2.35. The van der Waals surface area contributed by atoms with Crippen molar-refractivity contribution in [3.05, 3.63) is 101 Å². The van der Waals surface area contributed by atoms with Crippen molar-refractivity contribution >= 4 is 23.4 Å². The Morgan fingerprint density at radius 1 is 0.769 bits per heavy atom. The number of amides is 2. The van der Waals surface area contributed by atoms with E-state index in [9.17, 15) is 9.59 Å². The largest absolute Gasteiger partial charge is 0.497 e. The van der Waals surface area contributed by atoms with E-state index >= 15 is 0 Å². The molecule has 1 aliphatic heterocycles. The molecule has 4 aromatic rings. The molecule has 5 rings (SSSR count). The van der Waals surface area contributed by atoms with E-state index in [1.165, 1.54) is 0 Å². The lowest BCUT2D eigenvalue weighted by molar-refractivity contribution is 0.0535. The molecule has 0 radical (unpaired) electrons. The molecule has 39 heavy (non-hydrogen) atoms. The number of rotatable bonds is 6. The van der Waals surface area contributed by atoms with Gasteiger partial charge in [0.15, 0.2) is 0 Å². The number of ether oxygens (including phenoxy) is 2. The van der Waals surface area contributed by atoms with Gasteiger partial charge in [0.25, 0.3) is 11.8 Å². The second kappa shape index (κ2) is 11.3. The van der Waals surface area contributed by atoms with Crippen molar-refractivity contribution < 1.29 is 19.1 Å². The average molecular weight is 544 g/mol. The predicted molar refractivity (Wildman–Crippen MR) is 152 cm³/mol. The van der Waals surface area contributed by atoms with Crippen LogP contribution in [0, 0.1) is 6.92 Å². The molecule has 0 aliphatic carbocycles. The molecule has 0 atom stereocenters. The molecule has 8 heteroatoms. The number of benzene rings is 3. The highest BCUT2D eigenvalue weighted by Gasteiger charge is 2.29. The number of hydrogen-bond donors (Lipinski definition) is 0. The molecular formula is C31H30ClN3O4. The lowest BCUT2D eigenvalue weighted by atomic mass is 10.1. The van der Waals surface area contributed by atoms with Gasteiger partial charge in [0.05, 0.1) is 31.2 Å². The number of carbonyl (C=O) groups excluding carboxylic acids is 2. The van der Waals surface area contributed by atoms with Gasteiger partial charge < -0.3 is 23.8 Å². The van der Waals surface area contributed by atoms with E-state index in [0.717, 1.165) is 22.6 Å². The monoisotopic (exact) mass is 543 g/mol. The Morgan fingerprint density at radius 3 is 2.00 bits per heavy atom. The minimum absolute atomic E-state index is 0.0479. The van der Waals surface area contributed by atoms with Crippen LogP contribution in [0.1, 0.15) is 26.4 Å². The number of methoxy groups -OCH3 is 2. The zero-order valence-corrected chi connectivity index (χ0v) is 22.9. The summed E-state index contributed by atoms with van der Waals surface area (Å²) in [6.45, 7) is 3.79. The van der Waals surface area contributed by atoms with Crippen LogP contribution in [0.15, 0.2) is 78.9 Å². The fourth-order valence-electron chi connectivity index (χ4n) is 4.98. The molecule has 1 aliphatic rings. The third-order valence-electron chi connectivity index (χ3n) is 7.13.